The molecule has 2 aromatic heterocycles. The molecule has 0 bridgehead atoms. The number of hydrogen-bond donors (Lipinski definition) is 2. The number of anilines is 1. The van der Waals surface area contributed by atoms with Crippen LogP contribution in [0, 0.1) is 0 Å². The lowest BCUT2D eigenvalue weighted by atomic mass is 10.2. The predicted molar refractivity (Wildman–Crippen MR) is 77.3 cm³/mol. The smallest absolute Gasteiger partial charge is 0.408 e. The summed E-state index contributed by atoms with van der Waals surface area (Å²) in [4.78, 5) is 18.1. The number of oxazole rings is 1. The summed E-state index contributed by atoms with van der Waals surface area (Å²) >= 11 is 0. The van der Waals surface area contributed by atoms with Gasteiger partial charge in [0, 0.05) is 11.6 Å². The molecule has 0 aliphatic rings. The first kappa shape index (κ1) is 13.4. The SMILES string of the molecule is CC(C)c1noc([C@@H](C)Nc2ccc3oc(=O)[nH]c3c2)n1. The second-order valence-corrected chi connectivity index (χ2v) is 5.24. The molecular weight excluding hydrogens is 272 g/mol. The fourth-order valence-electron chi connectivity index (χ4n) is 2.01. The quantitative estimate of drug-likeness (QED) is 0.766. The van der Waals surface area contributed by atoms with Gasteiger partial charge in [0.2, 0.25) is 5.89 Å². The summed E-state index contributed by atoms with van der Waals surface area (Å²) in [5.74, 6) is 0.975. The van der Waals surface area contributed by atoms with Crippen molar-refractivity contribution in [2.24, 2.45) is 0 Å². The molecule has 3 aromatic rings. The molecule has 110 valence electrons. The van der Waals surface area contributed by atoms with E-state index in [-0.39, 0.29) is 12.0 Å². The molecule has 2 N–H and O–H groups in total. The number of nitrogens with one attached hydrogen (secondary N) is 2. The highest BCUT2D eigenvalue weighted by molar-refractivity contribution is 5.76. The number of H-pyrrole nitrogens is 1. The third-order valence-corrected chi connectivity index (χ3v) is 3.15. The summed E-state index contributed by atoms with van der Waals surface area (Å²) in [6.45, 7) is 5.95. The zero-order valence-corrected chi connectivity index (χ0v) is 12.0. The normalized spacial score (nSPS) is 13.0. The van der Waals surface area contributed by atoms with Crippen LogP contribution in [0.4, 0.5) is 5.69 Å². The van der Waals surface area contributed by atoms with E-state index in [0.717, 1.165) is 5.69 Å². The van der Waals surface area contributed by atoms with Gasteiger partial charge in [-0.3, -0.25) is 4.98 Å². The van der Waals surface area contributed by atoms with Crippen molar-refractivity contribution in [1.29, 1.82) is 0 Å². The van der Waals surface area contributed by atoms with Crippen LogP contribution in [0.5, 0.6) is 0 Å². The van der Waals surface area contributed by atoms with Crippen LogP contribution in [-0.4, -0.2) is 15.1 Å². The molecule has 0 saturated carbocycles. The number of hydrogen-bond acceptors (Lipinski definition) is 6. The first-order valence-corrected chi connectivity index (χ1v) is 6.76. The maximum atomic E-state index is 11.1. The summed E-state index contributed by atoms with van der Waals surface area (Å²) in [6, 6.07) is 5.22. The monoisotopic (exact) mass is 288 g/mol. The van der Waals surface area contributed by atoms with Crippen LogP contribution >= 0.6 is 0 Å². The fraction of sp³-hybridized carbons (Fsp3) is 0.357. The van der Waals surface area contributed by atoms with Gasteiger partial charge in [0.1, 0.15) is 6.04 Å². The van der Waals surface area contributed by atoms with Gasteiger partial charge in [0.15, 0.2) is 11.4 Å². The molecular formula is C14H16N4O3. The molecule has 2 heterocycles. The van der Waals surface area contributed by atoms with Crippen LogP contribution in [0.25, 0.3) is 11.1 Å². The van der Waals surface area contributed by atoms with Gasteiger partial charge in [-0.25, -0.2) is 4.79 Å². The topological polar surface area (TPSA) is 97.0 Å². The number of benzene rings is 1. The summed E-state index contributed by atoms with van der Waals surface area (Å²) in [5, 5.41) is 7.19. The van der Waals surface area contributed by atoms with Crippen molar-refractivity contribution in [3.63, 3.8) is 0 Å². The molecule has 0 aliphatic heterocycles. The molecule has 7 heteroatoms. The molecule has 1 atom stereocenters. The van der Waals surface area contributed by atoms with E-state index < -0.39 is 5.76 Å². The largest absolute Gasteiger partial charge is 0.417 e. The molecule has 7 nitrogen and oxygen atoms in total. The first-order valence-electron chi connectivity index (χ1n) is 6.76. The van der Waals surface area contributed by atoms with Crippen molar-refractivity contribution >= 4 is 16.8 Å². The minimum atomic E-state index is -0.464. The van der Waals surface area contributed by atoms with Gasteiger partial charge >= 0.3 is 5.76 Å². The summed E-state index contributed by atoms with van der Waals surface area (Å²) in [7, 11) is 0. The van der Waals surface area contributed by atoms with E-state index in [0.29, 0.717) is 22.8 Å². The number of aromatic amines is 1. The van der Waals surface area contributed by atoms with Crippen LogP contribution in [0.2, 0.25) is 0 Å². The number of nitrogens with zero attached hydrogens (tertiary/aromatic N) is 2. The highest BCUT2D eigenvalue weighted by Gasteiger charge is 2.16. The van der Waals surface area contributed by atoms with Crippen molar-refractivity contribution in [1.82, 2.24) is 15.1 Å². The maximum Gasteiger partial charge on any atom is 0.417 e. The molecule has 0 saturated heterocycles. The van der Waals surface area contributed by atoms with E-state index in [2.05, 4.69) is 20.4 Å². The van der Waals surface area contributed by atoms with Gasteiger partial charge in [-0.15, -0.1) is 0 Å². The summed E-state index contributed by atoms with van der Waals surface area (Å²) < 4.78 is 10.2. The number of aromatic nitrogens is 3. The highest BCUT2D eigenvalue weighted by Crippen LogP contribution is 2.22. The van der Waals surface area contributed by atoms with Gasteiger partial charge in [-0.2, -0.15) is 4.98 Å². The lowest BCUT2D eigenvalue weighted by molar-refractivity contribution is 0.361. The molecule has 0 spiro atoms. The van der Waals surface area contributed by atoms with Crippen molar-refractivity contribution in [2.45, 2.75) is 32.7 Å². The van der Waals surface area contributed by atoms with Crippen LogP contribution in [-0.2, 0) is 0 Å². The minimum Gasteiger partial charge on any atom is -0.408 e. The molecule has 21 heavy (non-hydrogen) atoms. The Balaban J connectivity index is 1.81. The van der Waals surface area contributed by atoms with Crippen molar-refractivity contribution in [3.8, 4) is 0 Å². The number of fused-ring (bicyclic) bond motifs is 1. The summed E-state index contributed by atoms with van der Waals surface area (Å²) in [5.41, 5.74) is 2.00. The van der Waals surface area contributed by atoms with Crippen molar-refractivity contribution in [2.75, 3.05) is 5.32 Å². The highest BCUT2D eigenvalue weighted by atomic mass is 16.5. The van der Waals surface area contributed by atoms with Crippen LogP contribution in [0.3, 0.4) is 0 Å². The van der Waals surface area contributed by atoms with Gasteiger partial charge in [0.25, 0.3) is 0 Å². The Labute approximate surface area is 120 Å². The Hall–Kier alpha value is -2.57. The molecule has 0 amide bonds. The lowest BCUT2D eigenvalue weighted by Crippen LogP contribution is -2.07. The second kappa shape index (κ2) is 5.08. The van der Waals surface area contributed by atoms with E-state index in [9.17, 15) is 4.79 Å². The van der Waals surface area contributed by atoms with Gasteiger partial charge in [0.05, 0.1) is 5.52 Å². The Morgan fingerprint density at radius 1 is 1.29 bits per heavy atom. The Morgan fingerprint density at radius 2 is 2.10 bits per heavy atom. The Kier molecular flexibility index (Phi) is 3.25. The van der Waals surface area contributed by atoms with Crippen LogP contribution < -0.4 is 11.1 Å². The standard InChI is InChI=1S/C14H16N4O3/c1-7(2)12-17-13(21-18-12)8(3)15-9-4-5-11-10(6-9)16-14(19)20-11/h4-8,15H,1-3H3,(H,16,19)/t8-/m1/s1. The molecule has 0 radical (unpaired) electrons. The Morgan fingerprint density at radius 3 is 2.81 bits per heavy atom. The van der Waals surface area contributed by atoms with E-state index in [1.807, 2.05) is 26.8 Å². The fourth-order valence-corrected chi connectivity index (χ4v) is 2.01. The molecule has 0 fully saturated rings. The van der Waals surface area contributed by atoms with E-state index in [4.69, 9.17) is 8.94 Å². The van der Waals surface area contributed by atoms with Gasteiger partial charge < -0.3 is 14.3 Å². The molecule has 3 rings (SSSR count). The van der Waals surface area contributed by atoms with E-state index in [1.165, 1.54) is 0 Å². The third-order valence-electron chi connectivity index (χ3n) is 3.15. The molecule has 0 aliphatic carbocycles. The molecule has 1 aromatic carbocycles. The zero-order chi connectivity index (χ0) is 15.0. The second-order valence-electron chi connectivity index (χ2n) is 5.24. The zero-order valence-electron chi connectivity index (χ0n) is 12.0. The van der Waals surface area contributed by atoms with Crippen LogP contribution in [0.1, 0.15) is 44.4 Å². The first-order chi connectivity index (χ1) is 10.0. The Bertz CT molecular complexity index is 815. The third kappa shape index (κ3) is 2.67. The predicted octanol–water partition coefficient (Wildman–Crippen LogP) is 2.80. The van der Waals surface area contributed by atoms with Crippen molar-refractivity contribution in [3.05, 3.63) is 40.5 Å². The average Bonchev–Trinajstić information content (AvgIpc) is 3.03. The summed E-state index contributed by atoms with van der Waals surface area (Å²) in [6.07, 6.45) is 0. The van der Waals surface area contributed by atoms with Gasteiger partial charge in [-0.05, 0) is 25.1 Å². The van der Waals surface area contributed by atoms with Crippen LogP contribution in [0.15, 0.2) is 31.9 Å². The van der Waals surface area contributed by atoms with E-state index in [1.54, 1.807) is 12.1 Å². The van der Waals surface area contributed by atoms with Gasteiger partial charge in [-0.1, -0.05) is 19.0 Å². The van der Waals surface area contributed by atoms with Crippen molar-refractivity contribution < 1.29 is 8.94 Å². The average molecular weight is 288 g/mol. The number of rotatable bonds is 4. The molecule has 0 unspecified atom stereocenters. The maximum absolute atomic E-state index is 11.1. The van der Waals surface area contributed by atoms with E-state index >= 15 is 0 Å². The minimum absolute atomic E-state index is 0.138. The lowest BCUT2D eigenvalue weighted by Gasteiger charge is -2.10.